The van der Waals surface area contributed by atoms with Gasteiger partial charge < -0.3 is 19.5 Å². The van der Waals surface area contributed by atoms with E-state index in [0.29, 0.717) is 17.6 Å². The summed E-state index contributed by atoms with van der Waals surface area (Å²) in [5.74, 6) is -0.954. The Balaban J connectivity index is 1.92. The van der Waals surface area contributed by atoms with Crippen LogP contribution in [0.15, 0.2) is 42.5 Å². The summed E-state index contributed by atoms with van der Waals surface area (Å²) in [6.45, 7) is 0.863. The fraction of sp³-hybridized carbons (Fsp3) is 0.211. The van der Waals surface area contributed by atoms with E-state index in [9.17, 15) is 24.5 Å². The topological polar surface area (TPSA) is 134 Å². The first-order chi connectivity index (χ1) is 13.8. The Morgan fingerprint density at radius 2 is 1.83 bits per heavy atom. The highest BCUT2D eigenvalue weighted by Crippen LogP contribution is 2.29. The quantitative estimate of drug-likeness (QED) is 0.292. The highest BCUT2D eigenvalue weighted by molar-refractivity contribution is 5.97. The Kier molecular flexibility index (Phi) is 7.24. The lowest BCUT2D eigenvalue weighted by molar-refractivity contribution is -0.384. The molecule has 0 radical (unpaired) electrons. The van der Waals surface area contributed by atoms with Gasteiger partial charge in [-0.2, -0.15) is 0 Å². The second-order valence-electron chi connectivity index (χ2n) is 5.74. The van der Waals surface area contributed by atoms with Crippen molar-refractivity contribution in [2.24, 2.45) is 0 Å². The Hall–Kier alpha value is -3.95. The van der Waals surface area contributed by atoms with E-state index in [1.807, 2.05) is 0 Å². The molecule has 0 aromatic heterocycles. The monoisotopic (exact) mass is 402 g/mol. The summed E-state index contributed by atoms with van der Waals surface area (Å²) in [6, 6.07) is 9.98. The van der Waals surface area contributed by atoms with E-state index in [-0.39, 0.29) is 17.1 Å². The Labute approximate surface area is 165 Å². The summed E-state index contributed by atoms with van der Waals surface area (Å²) in [5, 5.41) is 13.5. The number of methoxy groups -OCH3 is 1. The molecule has 2 aromatic rings. The third kappa shape index (κ3) is 6.03. The maximum Gasteiger partial charge on any atom is 0.344 e. The van der Waals surface area contributed by atoms with Crippen LogP contribution >= 0.6 is 0 Å². The van der Waals surface area contributed by atoms with Crippen LogP contribution in [0.1, 0.15) is 17.3 Å². The number of nitro groups is 1. The zero-order valence-corrected chi connectivity index (χ0v) is 15.6. The number of carbonyl (C=O) groups excluding carboxylic acids is 3. The molecule has 29 heavy (non-hydrogen) atoms. The molecule has 10 heteroatoms. The van der Waals surface area contributed by atoms with E-state index >= 15 is 0 Å². The van der Waals surface area contributed by atoms with E-state index in [2.05, 4.69) is 5.32 Å². The predicted octanol–water partition coefficient (Wildman–Crippen LogP) is 2.37. The number of anilines is 1. The van der Waals surface area contributed by atoms with Crippen LogP contribution in [0.4, 0.5) is 11.4 Å². The normalized spacial score (nSPS) is 11.1. The molecular weight excluding hydrogens is 384 g/mol. The van der Waals surface area contributed by atoms with Gasteiger partial charge in [0, 0.05) is 5.56 Å². The van der Waals surface area contributed by atoms with Gasteiger partial charge in [-0.05, 0) is 43.3 Å². The van der Waals surface area contributed by atoms with Gasteiger partial charge in [0.25, 0.3) is 11.6 Å². The van der Waals surface area contributed by atoms with E-state index in [1.54, 1.807) is 0 Å². The predicted molar refractivity (Wildman–Crippen MR) is 101 cm³/mol. The molecule has 2 rings (SSSR count). The van der Waals surface area contributed by atoms with Crippen molar-refractivity contribution in [3.8, 4) is 11.5 Å². The van der Waals surface area contributed by atoms with Gasteiger partial charge in [0.05, 0.1) is 18.1 Å². The van der Waals surface area contributed by atoms with Crippen molar-refractivity contribution >= 4 is 29.5 Å². The smallest absolute Gasteiger partial charge is 0.344 e. The molecule has 0 aliphatic rings. The van der Waals surface area contributed by atoms with Gasteiger partial charge in [0.2, 0.25) is 0 Å². The summed E-state index contributed by atoms with van der Waals surface area (Å²) >= 11 is 0. The summed E-state index contributed by atoms with van der Waals surface area (Å²) in [4.78, 5) is 45.1. The number of benzene rings is 2. The molecule has 0 bridgehead atoms. The average Bonchev–Trinajstić information content (AvgIpc) is 2.72. The first kappa shape index (κ1) is 21.4. The minimum absolute atomic E-state index is 0.0600. The molecule has 0 spiro atoms. The maximum atomic E-state index is 12.2. The second-order valence-corrected chi connectivity index (χ2v) is 5.74. The van der Waals surface area contributed by atoms with Crippen LogP contribution in [0.2, 0.25) is 0 Å². The van der Waals surface area contributed by atoms with Crippen molar-refractivity contribution in [1.29, 1.82) is 0 Å². The highest BCUT2D eigenvalue weighted by atomic mass is 16.6. The molecule has 10 nitrogen and oxygen atoms in total. The number of aldehydes is 1. The molecule has 1 N–H and O–H groups in total. The standard InChI is InChI=1S/C19H18N2O8/c1-12(29-18(23)11-28-14-5-3-13(10-22)4-6-14)19(24)20-16-8-7-15(27-2)9-17(16)21(25)26/h3-10,12H,11H2,1-2H3,(H,20,24)/t12-/m0/s1. The van der Waals surface area contributed by atoms with Crippen LogP contribution < -0.4 is 14.8 Å². The minimum atomic E-state index is -1.22. The van der Waals surface area contributed by atoms with Crippen molar-refractivity contribution in [2.75, 3.05) is 19.0 Å². The Morgan fingerprint density at radius 1 is 1.17 bits per heavy atom. The molecular formula is C19H18N2O8. The lowest BCUT2D eigenvalue weighted by Crippen LogP contribution is -2.31. The van der Waals surface area contributed by atoms with E-state index < -0.39 is 29.5 Å². The largest absolute Gasteiger partial charge is 0.496 e. The van der Waals surface area contributed by atoms with E-state index in [1.165, 1.54) is 50.4 Å². The summed E-state index contributed by atoms with van der Waals surface area (Å²) in [7, 11) is 1.36. The Morgan fingerprint density at radius 3 is 2.41 bits per heavy atom. The molecule has 152 valence electrons. The Bertz CT molecular complexity index is 911. The van der Waals surface area contributed by atoms with Crippen LogP contribution in [0.5, 0.6) is 11.5 Å². The van der Waals surface area contributed by atoms with Gasteiger partial charge in [-0.3, -0.25) is 19.7 Å². The lowest BCUT2D eigenvalue weighted by Gasteiger charge is -2.14. The van der Waals surface area contributed by atoms with Gasteiger partial charge >= 0.3 is 5.97 Å². The number of carbonyl (C=O) groups is 3. The third-order valence-corrected chi connectivity index (χ3v) is 3.71. The second kappa shape index (κ2) is 9.83. The highest BCUT2D eigenvalue weighted by Gasteiger charge is 2.22. The third-order valence-electron chi connectivity index (χ3n) is 3.71. The SMILES string of the molecule is COc1ccc(NC(=O)[C@H](C)OC(=O)COc2ccc(C=O)cc2)c([N+](=O)[O-])c1. The number of nitrogens with zero attached hydrogens (tertiary/aromatic N) is 1. The molecule has 0 aliphatic carbocycles. The number of nitrogens with one attached hydrogen (secondary N) is 1. The molecule has 0 heterocycles. The number of hydrogen-bond donors (Lipinski definition) is 1. The molecule has 2 aromatic carbocycles. The van der Waals surface area contributed by atoms with Gasteiger partial charge in [-0.1, -0.05) is 0 Å². The summed E-state index contributed by atoms with van der Waals surface area (Å²) in [6.07, 6.45) is -0.545. The van der Waals surface area contributed by atoms with Crippen molar-refractivity contribution in [3.63, 3.8) is 0 Å². The maximum absolute atomic E-state index is 12.2. The van der Waals surface area contributed by atoms with Crippen molar-refractivity contribution in [3.05, 3.63) is 58.1 Å². The zero-order valence-electron chi connectivity index (χ0n) is 15.6. The van der Waals surface area contributed by atoms with Crippen molar-refractivity contribution < 1.29 is 33.5 Å². The molecule has 1 atom stereocenters. The molecule has 0 aliphatic heterocycles. The number of amides is 1. The number of esters is 1. The van der Waals surface area contributed by atoms with Crippen LogP contribution in [0, 0.1) is 10.1 Å². The van der Waals surface area contributed by atoms with Gasteiger partial charge in [-0.25, -0.2) is 4.79 Å². The fourth-order valence-electron chi connectivity index (χ4n) is 2.20. The fourth-order valence-corrected chi connectivity index (χ4v) is 2.20. The molecule has 0 saturated heterocycles. The first-order valence-corrected chi connectivity index (χ1v) is 8.35. The zero-order chi connectivity index (χ0) is 21.4. The first-order valence-electron chi connectivity index (χ1n) is 8.35. The molecule has 1 amide bonds. The van der Waals surface area contributed by atoms with E-state index in [4.69, 9.17) is 14.2 Å². The lowest BCUT2D eigenvalue weighted by atomic mass is 10.2. The number of rotatable bonds is 9. The number of hydrogen-bond acceptors (Lipinski definition) is 8. The van der Waals surface area contributed by atoms with Gasteiger partial charge in [0.1, 0.15) is 23.5 Å². The van der Waals surface area contributed by atoms with Crippen LogP contribution in [0.3, 0.4) is 0 Å². The van der Waals surface area contributed by atoms with Gasteiger partial charge in [0.15, 0.2) is 12.7 Å². The summed E-state index contributed by atoms with van der Waals surface area (Å²) in [5.41, 5.74) is 0.0337. The van der Waals surface area contributed by atoms with Crippen molar-refractivity contribution in [2.45, 2.75) is 13.0 Å². The van der Waals surface area contributed by atoms with Crippen LogP contribution in [0.25, 0.3) is 0 Å². The molecule has 0 fully saturated rings. The average molecular weight is 402 g/mol. The minimum Gasteiger partial charge on any atom is -0.496 e. The van der Waals surface area contributed by atoms with Gasteiger partial charge in [-0.15, -0.1) is 0 Å². The molecule has 0 unspecified atom stereocenters. The number of ether oxygens (including phenoxy) is 3. The number of nitro benzene ring substituents is 1. The van der Waals surface area contributed by atoms with Crippen molar-refractivity contribution in [1.82, 2.24) is 0 Å². The van der Waals surface area contributed by atoms with E-state index in [0.717, 1.165) is 6.07 Å². The summed E-state index contributed by atoms with van der Waals surface area (Å²) < 4.78 is 15.1. The van der Waals surface area contributed by atoms with Crippen LogP contribution in [-0.4, -0.2) is 42.9 Å². The molecule has 0 saturated carbocycles. The van der Waals surface area contributed by atoms with Crippen LogP contribution in [-0.2, 0) is 14.3 Å².